The molecule has 7 rings (SSSR count). The van der Waals surface area contributed by atoms with E-state index in [4.69, 9.17) is 20.0 Å². The van der Waals surface area contributed by atoms with Crippen molar-refractivity contribution in [3.8, 4) is 0 Å². The Morgan fingerprint density at radius 2 is 1.31 bits per heavy atom. The molecular formula is C30H21ClNO2P. The molecule has 5 heteroatoms. The van der Waals surface area contributed by atoms with Gasteiger partial charge in [0.25, 0.3) is 0 Å². The molecule has 1 aliphatic heterocycles. The number of halogens is 1. The molecule has 0 aliphatic carbocycles. The predicted octanol–water partition coefficient (Wildman–Crippen LogP) is 9.93. The van der Waals surface area contributed by atoms with Crippen LogP contribution in [-0.2, 0) is 0 Å². The summed E-state index contributed by atoms with van der Waals surface area (Å²) in [6.07, 6.45) is 4.29. The maximum Gasteiger partial charge on any atom is 0.342 e. The third kappa shape index (κ3) is 3.20. The van der Waals surface area contributed by atoms with Gasteiger partial charge in [-0.3, -0.25) is 4.67 Å². The first kappa shape index (κ1) is 20.7. The molecule has 35 heavy (non-hydrogen) atoms. The minimum Gasteiger partial charge on any atom is -0.404 e. The van der Waals surface area contributed by atoms with E-state index in [1.165, 1.54) is 10.8 Å². The van der Waals surface area contributed by atoms with E-state index in [1.807, 2.05) is 12.1 Å². The molecule has 1 aliphatic rings. The standard InChI is InChI=1S/C30H21ClNO2P/c1-19-13-14-22-9-6-12-25(31)30(22)32(19)35-33-26-17-15-20-7-2-4-10-23(20)28(26)29-24-11-5-3-8-21(24)16-18-27(29)34-35/h2-19H,1H3/t19-/m0/s1. The molecule has 0 saturated carbocycles. The number of benzene rings is 5. The molecule has 0 bridgehead atoms. The summed E-state index contributed by atoms with van der Waals surface area (Å²) in [4.78, 5) is 0. The number of fused-ring (bicyclic) bond motifs is 8. The topological polar surface area (TPSA) is 29.5 Å². The molecule has 0 fully saturated rings. The second-order valence-electron chi connectivity index (χ2n) is 8.86. The van der Waals surface area contributed by atoms with Crippen molar-refractivity contribution in [2.24, 2.45) is 0 Å². The van der Waals surface area contributed by atoms with E-state index in [0.717, 1.165) is 44.0 Å². The highest BCUT2D eigenvalue weighted by molar-refractivity contribution is 7.39. The maximum atomic E-state index is 6.79. The summed E-state index contributed by atoms with van der Waals surface area (Å²) >= 11 is 6.74. The van der Waals surface area contributed by atoms with Crippen LogP contribution in [0.3, 0.4) is 0 Å². The lowest BCUT2D eigenvalue weighted by Gasteiger charge is -2.30. The minimum atomic E-state index is -1.55. The minimum absolute atomic E-state index is 0.0550. The van der Waals surface area contributed by atoms with Crippen LogP contribution in [-0.4, -0.2) is 6.04 Å². The Labute approximate surface area is 208 Å². The summed E-state index contributed by atoms with van der Waals surface area (Å²) in [7, 11) is -1.55. The Morgan fingerprint density at radius 3 is 1.94 bits per heavy atom. The van der Waals surface area contributed by atoms with Gasteiger partial charge in [0, 0.05) is 10.8 Å². The van der Waals surface area contributed by atoms with E-state index in [2.05, 4.69) is 103 Å². The van der Waals surface area contributed by atoms with Crippen molar-refractivity contribution in [3.05, 3.63) is 108 Å². The predicted molar refractivity (Wildman–Crippen MR) is 149 cm³/mol. The summed E-state index contributed by atoms with van der Waals surface area (Å²) in [5, 5.41) is 7.46. The number of nitrogens with zero attached hydrogens (tertiary/aromatic N) is 1. The third-order valence-electron chi connectivity index (χ3n) is 6.75. The molecule has 5 aromatic carbocycles. The average Bonchev–Trinajstić information content (AvgIpc) is 3.06. The highest BCUT2D eigenvalue weighted by Crippen LogP contribution is 2.49. The number of hydrogen-bond acceptors (Lipinski definition) is 3. The van der Waals surface area contributed by atoms with Crippen LogP contribution in [0.15, 0.2) is 105 Å². The van der Waals surface area contributed by atoms with Gasteiger partial charge in [-0.1, -0.05) is 96.5 Å². The first-order chi connectivity index (χ1) is 17.2. The largest absolute Gasteiger partial charge is 0.404 e. The molecule has 0 unspecified atom stereocenters. The third-order valence-corrected chi connectivity index (χ3v) is 8.67. The van der Waals surface area contributed by atoms with Crippen molar-refractivity contribution in [3.63, 3.8) is 0 Å². The normalized spacial score (nSPS) is 15.3. The molecule has 0 saturated heterocycles. The van der Waals surface area contributed by atoms with Crippen molar-refractivity contribution in [1.29, 1.82) is 0 Å². The van der Waals surface area contributed by atoms with Crippen LogP contribution in [0.25, 0.3) is 49.6 Å². The SMILES string of the molecule is C[C@H]1C=Cc2cccc(Cl)c2N1p1oc2ccc3ccccc3c2c2c(ccc3ccccc32)o1. The number of rotatable bonds is 1. The Morgan fingerprint density at radius 1 is 0.714 bits per heavy atom. The summed E-state index contributed by atoms with van der Waals surface area (Å²) in [5.41, 5.74) is 3.65. The zero-order valence-electron chi connectivity index (χ0n) is 19.0. The van der Waals surface area contributed by atoms with Crippen molar-refractivity contribution >= 4 is 75.0 Å². The van der Waals surface area contributed by atoms with Gasteiger partial charge in [-0.25, -0.2) is 0 Å². The molecule has 170 valence electrons. The zero-order chi connectivity index (χ0) is 23.5. The lowest BCUT2D eigenvalue weighted by Crippen LogP contribution is -2.26. The Bertz CT molecular complexity index is 1760. The molecule has 2 heterocycles. The highest BCUT2D eigenvalue weighted by Gasteiger charge is 2.27. The van der Waals surface area contributed by atoms with Crippen LogP contribution in [0.5, 0.6) is 0 Å². The zero-order valence-corrected chi connectivity index (χ0v) is 20.6. The van der Waals surface area contributed by atoms with Gasteiger partial charge in [0.05, 0.1) is 16.8 Å². The van der Waals surface area contributed by atoms with Gasteiger partial charge in [0.15, 0.2) is 0 Å². The van der Waals surface area contributed by atoms with Gasteiger partial charge in [-0.15, -0.1) is 0 Å². The molecule has 0 radical (unpaired) electrons. The van der Waals surface area contributed by atoms with E-state index in [9.17, 15) is 0 Å². The van der Waals surface area contributed by atoms with Gasteiger partial charge < -0.3 is 8.39 Å². The van der Waals surface area contributed by atoms with Gasteiger partial charge >= 0.3 is 8.16 Å². The van der Waals surface area contributed by atoms with E-state index < -0.39 is 8.16 Å². The van der Waals surface area contributed by atoms with E-state index in [-0.39, 0.29) is 6.04 Å². The van der Waals surface area contributed by atoms with Crippen LogP contribution in [0, 0.1) is 0 Å². The Hall–Kier alpha value is -3.65. The van der Waals surface area contributed by atoms with Gasteiger partial charge in [-0.2, -0.15) is 0 Å². The van der Waals surface area contributed by atoms with Crippen LogP contribution < -0.4 is 4.67 Å². The van der Waals surface area contributed by atoms with Crippen LogP contribution in [0.4, 0.5) is 5.69 Å². The lowest BCUT2D eigenvalue weighted by atomic mass is 9.99. The maximum absolute atomic E-state index is 6.79. The molecule has 1 atom stereocenters. The second-order valence-corrected chi connectivity index (χ2v) is 10.5. The van der Waals surface area contributed by atoms with Crippen molar-refractivity contribution in [2.75, 3.05) is 4.67 Å². The first-order valence-electron chi connectivity index (χ1n) is 11.6. The van der Waals surface area contributed by atoms with Crippen LogP contribution >= 0.6 is 19.8 Å². The fraction of sp³-hybridized carbons (Fsp3) is 0.0667. The summed E-state index contributed by atoms with van der Waals surface area (Å²) in [6.45, 7) is 2.14. The van der Waals surface area contributed by atoms with Crippen LogP contribution in [0.1, 0.15) is 12.5 Å². The van der Waals surface area contributed by atoms with Crippen molar-refractivity contribution in [2.45, 2.75) is 13.0 Å². The molecule has 0 N–H and O–H groups in total. The number of hydrogen-bond donors (Lipinski definition) is 0. The summed E-state index contributed by atoms with van der Waals surface area (Å²) in [6, 6.07) is 31.3. The van der Waals surface area contributed by atoms with Crippen LogP contribution in [0.2, 0.25) is 5.02 Å². The quantitative estimate of drug-likeness (QED) is 0.228. The highest BCUT2D eigenvalue weighted by atomic mass is 35.5. The Kier molecular flexibility index (Phi) is 4.70. The number of para-hydroxylation sites is 1. The van der Waals surface area contributed by atoms with Crippen molar-refractivity contribution < 1.29 is 8.39 Å². The number of anilines is 1. The molecule has 6 aromatic rings. The van der Waals surface area contributed by atoms with E-state index in [1.54, 1.807) is 0 Å². The summed E-state index contributed by atoms with van der Waals surface area (Å²) < 4.78 is 15.8. The average molecular weight is 494 g/mol. The first-order valence-corrected chi connectivity index (χ1v) is 13.2. The van der Waals surface area contributed by atoms with Gasteiger partial charge in [-0.05, 0) is 52.2 Å². The second kappa shape index (κ2) is 7.95. The fourth-order valence-corrected chi connectivity index (χ4v) is 7.06. The summed E-state index contributed by atoms with van der Waals surface area (Å²) in [5.74, 6) is 0. The van der Waals surface area contributed by atoms with Gasteiger partial charge in [0.1, 0.15) is 11.2 Å². The Balaban J connectivity index is 1.68. The smallest absolute Gasteiger partial charge is 0.342 e. The van der Waals surface area contributed by atoms with E-state index >= 15 is 0 Å². The lowest BCUT2D eigenvalue weighted by molar-refractivity contribution is 0.627. The van der Waals surface area contributed by atoms with Gasteiger partial charge in [0.2, 0.25) is 0 Å². The molecule has 1 aromatic heterocycles. The fourth-order valence-electron chi connectivity index (χ4n) is 5.11. The van der Waals surface area contributed by atoms with Crippen molar-refractivity contribution in [1.82, 2.24) is 0 Å². The molecular weight excluding hydrogens is 473 g/mol. The molecule has 0 spiro atoms. The monoisotopic (exact) mass is 493 g/mol. The molecule has 3 nitrogen and oxygen atoms in total. The van der Waals surface area contributed by atoms with E-state index in [0.29, 0.717) is 5.02 Å². The molecule has 0 amide bonds.